The molecule has 0 saturated carbocycles. The molecule has 2 N–H and O–H groups in total. The monoisotopic (exact) mass is 178 g/mol. The minimum Gasteiger partial charge on any atom is -0.445 e. The van der Waals surface area contributed by atoms with Crippen molar-refractivity contribution in [2.75, 3.05) is 6.61 Å². The highest BCUT2D eigenvalue weighted by molar-refractivity contribution is 5.64. The van der Waals surface area contributed by atoms with Gasteiger partial charge in [-0.25, -0.2) is 4.79 Å². The molecule has 0 aliphatic heterocycles. The van der Waals surface area contributed by atoms with Crippen LogP contribution >= 0.6 is 0 Å². The van der Waals surface area contributed by atoms with E-state index in [1.54, 1.807) is 24.5 Å². The normalized spacial score (nSPS) is 10.2. The van der Waals surface area contributed by atoms with Crippen molar-refractivity contribution in [1.82, 2.24) is 4.98 Å². The van der Waals surface area contributed by atoms with Crippen molar-refractivity contribution in [2.24, 2.45) is 5.73 Å². The minimum atomic E-state index is -0.768. The second-order valence-corrected chi connectivity index (χ2v) is 2.32. The van der Waals surface area contributed by atoms with Crippen LogP contribution in [-0.4, -0.2) is 17.7 Å². The number of carbonyl (C=O) groups excluding carboxylic acids is 1. The van der Waals surface area contributed by atoms with E-state index in [2.05, 4.69) is 9.72 Å². The molecule has 4 nitrogen and oxygen atoms in total. The van der Waals surface area contributed by atoms with E-state index in [1.807, 2.05) is 12.1 Å². The van der Waals surface area contributed by atoms with Crippen molar-refractivity contribution in [3.63, 3.8) is 0 Å². The molecular formula is C9H10N2O2. The molecule has 0 aliphatic rings. The van der Waals surface area contributed by atoms with Crippen LogP contribution in [0, 0.1) is 0 Å². The highest BCUT2D eigenvalue weighted by Crippen LogP contribution is 1.97. The Labute approximate surface area is 76.0 Å². The largest absolute Gasteiger partial charge is 0.445 e. The Hall–Kier alpha value is -1.84. The quantitative estimate of drug-likeness (QED) is 0.756. The topological polar surface area (TPSA) is 65.2 Å². The molecule has 0 saturated heterocycles. The molecule has 1 heterocycles. The number of rotatable bonds is 3. The number of hydrogen-bond donors (Lipinski definition) is 1. The maximum absolute atomic E-state index is 10.2. The molecule has 0 aliphatic carbocycles. The number of carbonyl (C=O) groups is 1. The smallest absolute Gasteiger partial charge is 0.404 e. The predicted octanol–water partition coefficient (Wildman–Crippen LogP) is 1.19. The average Bonchev–Trinajstić information content (AvgIpc) is 2.14. The maximum Gasteiger partial charge on any atom is 0.404 e. The van der Waals surface area contributed by atoms with Gasteiger partial charge in [-0.05, 0) is 17.7 Å². The van der Waals surface area contributed by atoms with Crippen molar-refractivity contribution in [3.05, 3.63) is 36.2 Å². The highest BCUT2D eigenvalue weighted by atomic mass is 16.5. The highest BCUT2D eigenvalue weighted by Gasteiger charge is 1.88. The van der Waals surface area contributed by atoms with E-state index in [9.17, 15) is 4.79 Å². The molecule has 0 spiro atoms. The lowest BCUT2D eigenvalue weighted by Gasteiger charge is -1.94. The number of ether oxygens (including phenoxy) is 1. The van der Waals surface area contributed by atoms with Gasteiger partial charge in [0.15, 0.2) is 0 Å². The summed E-state index contributed by atoms with van der Waals surface area (Å²) in [5.74, 6) is 0. The van der Waals surface area contributed by atoms with Crippen molar-refractivity contribution < 1.29 is 9.53 Å². The zero-order chi connectivity index (χ0) is 9.52. The second kappa shape index (κ2) is 4.92. The summed E-state index contributed by atoms with van der Waals surface area (Å²) in [6.45, 7) is 0.185. The zero-order valence-electron chi connectivity index (χ0n) is 7.01. The molecule has 68 valence electrons. The first-order valence-corrected chi connectivity index (χ1v) is 3.78. The fourth-order valence-electron chi connectivity index (χ4n) is 0.789. The Morgan fingerprint density at radius 2 is 2.54 bits per heavy atom. The first kappa shape index (κ1) is 9.25. The van der Waals surface area contributed by atoms with Crippen LogP contribution in [0.4, 0.5) is 4.79 Å². The first-order valence-electron chi connectivity index (χ1n) is 3.78. The molecule has 13 heavy (non-hydrogen) atoms. The molecule has 0 unspecified atom stereocenters. The van der Waals surface area contributed by atoms with Crippen LogP contribution < -0.4 is 5.73 Å². The van der Waals surface area contributed by atoms with Gasteiger partial charge in [-0.15, -0.1) is 0 Å². The lowest BCUT2D eigenvalue weighted by molar-refractivity contribution is 0.169. The third-order valence-electron chi connectivity index (χ3n) is 1.32. The van der Waals surface area contributed by atoms with Gasteiger partial charge in [0, 0.05) is 12.4 Å². The molecule has 0 radical (unpaired) electrons. The number of nitrogens with zero attached hydrogens (tertiary/aromatic N) is 1. The lowest BCUT2D eigenvalue weighted by atomic mass is 10.3. The summed E-state index contributed by atoms with van der Waals surface area (Å²) >= 11 is 0. The summed E-state index contributed by atoms with van der Waals surface area (Å²) in [6, 6.07) is 3.72. The maximum atomic E-state index is 10.2. The van der Waals surface area contributed by atoms with E-state index in [0.717, 1.165) is 5.56 Å². The van der Waals surface area contributed by atoms with Gasteiger partial charge in [0.05, 0.1) is 0 Å². The van der Waals surface area contributed by atoms with E-state index in [1.165, 1.54) is 0 Å². The van der Waals surface area contributed by atoms with Gasteiger partial charge in [0.25, 0.3) is 0 Å². The molecule has 1 aromatic heterocycles. The Bertz CT molecular complexity index is 296. The second-order valence-electron chi connectivity index (χ2n) is 2.32. The number of nitrogens with two attached hydrogens (primary N) is 1. The standard InChI is InChI=1S/C9H10N2O2/c10-9(12)13-6-2-4-8-3-1-5-11-7-8/h1-5,7H,6H2,(H2,10,12). The van der Waals surface area contributed by atoms with Crippen LogP contribution in [0.25, 0.3) is 6.08 Å². The Morgan fingerprint density at radius 1 is 1.69 bits per heavy atom. The summed E-state index contributed by atoms with van der Waals surface area (Å²) in [4.78, 5) is 14.1. The van der Waals surface area contributed by atoms with Gasteiger partial charge in [0.1, 0.15) is 6.61 Å². The third kappa shape index (κ3) is 3.91. The lowest BCUT2D eigenvalue weighted by Crippen LogP contribution is -2.12. The predicted molar refractivity (Wildman–Crippen MR) is 48.8 cm³/mol. The van der Waals surface area contributed by atoms with Crippen LogP contribution in [0.5, 0.6) is 0 Å². The van der Waals surface area contributed by atoms with Gasteiger partial charge in [-0.1, -0.05) is 12.1 Å². The summed E-state index contributed by atoms with van der Waals surface area (Å²) in [6.07, 6.45) is 6.13. The van der Waals surface area contributed by atoms with Crippen LogP contribution in [0.2, 0.25) is 0 Å². The fourth-order valence-corrected chi connectivity index (χ4v) is 0.789. The Kier molecular flexibility index (Phi) is 3.50. The number of amides is 1. The number of primary amides is 1. The molecule has 1 rings (SSSR count). The van der Waals surface area contributed by atoms with Gasteiger partial charge in [-0.3, -0.25) is 4.98 Å². The van der Waals surface area contributed by atoms with Crippen molar-refractivity contribution in [3.8, 4) is 0 Å². The zero-order valence-corrected chi connectivity index (χ0v) is 7.01. The van der Waals surface area contributed by atoms with E-state index in [4.69, 9.17) is 5.73 Å². The molecule has 0 aromatic carbocycles. The summed E-state index contributed by atoms with van der Waals surface area (Å²) < 4.78 is 4.50. The van der Waals surface area contributed by atoms with E-state index in [-0.39, 0.29) is 6.61 Å². The van der Waals surface area contributed by atoms with Gasteiger partial charge < -0.3 is 10.5 Å². The average molecular weight is 178 g/mol. The van der Waals surface area contributed by atoms with Crippen molar-refractivity contribution in [2.45, 2.75) is 0 Å². The van der Waals surface area contributed by atoms with Gasteiger partial charge in [-0.2, -0.15) is 0 Å². The first-order chi connectivity index (χ1) is 6.29. The fraction of sp³-hybridized carbons (Fsp3) is 0.111. The van der Waals surface area contributed by atoms with E-state index < -0.39 is 6.09 Å². The Morgan fingerprint density at radius 3 is 3.15 bits per heavy atom. The van der Waals surface area contributed by atoms with E-state index >= 15 is 0 Å². The minimum absolute atomic E-state index is 0.185. The number of hydrogen-bond acceptors (Lipinski definition) is 3. The van der Waals surface area contributed by atoms with Crippen LogP contribution in [0.1, 0.15) is 5.56 Å². The van der Waals surface area contributed by atoms with Crippen molar-refractivity contribution >= 4 is 12.2 Å². The van der Waals surface area contributed by atoms with Gasteiger partial charge in [0.2, 0.25) is 0 Å². The number of aromatic nitrogens is 1. The number of pyridine rings is 1. The van der Waals surface area contributed by atoms with E-state index in [0.29, 0.717) is 0 Å². The molecule has 0 bridgehead atoms. The Balaban J connectivity index is 2.37. The molecule has 1 aromatic rings. The molecular weight excluding hydrogens is 168 g/mol. The third-order valence-corrected chi connectivity index (χ3v) is 1.32. The van der Waals surface area contributed by atoms with Crippen LogP contribution in [-0.2, 0) is 4.74 Å². The SMILES string of the molecule is NC(=O)OCC=Cc1cccnc1. The molecule has 1 amide bonds. The molecule has 0 fully saturated rings. The van der Waals surface area contributed by atoms with Crippen molar-refractivity contribution in [1.29, 1.82) is 0 Å². The molecule has 4 heteroatoms. The summed E-state index contributed by atoms with van der Waals surface area (Å²) in [5.41, 5.74) is 5.72. The van der Waals surface area contributed by atoms with Gasteiger partial charge >= 0.3 is 6.09 Å². The summed E-state index contributed by atoms with van der Waals surface area (Å²) in [7, 11) is 0. The summed E-state index contributed by atoms with van der Waals surface area (Å²) in [5, 5.41) is 0. The van der Waals surface area contributed by atoms with Crippen LogP contribution in [0.3, 0.4) is 0 Å². The molecule has 0 atom stereocenters. The van der Waals surface area contributed by atoms with Crippen LogP contribution in [0.15, 0.2) is 30.6 Å².